The Morgan fingerprint density at radius 2 is 1.05 bits per heavy atom. The van der Waals surface area contributed by atoms with Crippen molar-refractivity contribution in [3.05, 3.63) is 85.1 Å². The van der Waals surface area contributed by atoms with Crippen LogP contribution >= 0.6 is 0 Å². The van der Waals surface area contributed by atoms with E-state index in [1.54, 1.807) is 0 Å². The van der Waals surface area contributed by atoms with E-state index in [0.29, 0.717) is 13.0 Å². The lowest BCUT2D eigenvalue weighted by Gasteiger charge is -2.41. The molecule has 1 aliphatic heterocycles. The lowest BCUT2D eigenvalue weighted by atomic mass is 9.99. The molecule has 1 saturated heterocycles. The van der Waals surface area contributed by atoms with Crippen molar-refractivity contribution in [2.45, 2.75) is 218 Å². The maximum absolute atomic E-state index is 12.8. The second-order valence-corrected chi connectivity index (χ2v) is 18.1. The molecule has 13 heteroatoms. The van der Waals surface area contributed by atoms with Gasteiger partial charge in [0.2, 0.25) is 0 Å². The third-order valence-electron chi connectivity index (χ3n) is 11.0. The maximum Gasteiger partial charge on any atom is 0.397 e. The summed E-state index contributed by atoms with van der Waals surface area (Å²) in [6.45, 7) is 3.75. The second-order valence-electron chi connectivity index (χ2n) is 17.0. The van der Waals surface area contributed by atoms with Crippen LogP contribution in [0.5, 0.6) is 0 Å². The van der Waals surface area contributed by atoms with Crippen LogP contribution in [0.4, 0.5) is 0 Å². The van der Waals surface area contributed by atoms with Crippen LogP contribution < -0.4 is 0 Å². The predicted octanol–water partition coefficient (Wildman–Crippen LogP) is 11.6. The zero-order valence-corrected chi connectivity index (χ0v) is 41.5. The van der Waals surface area contributed by atoms with Gasteiger partial charge in [-0.05, 0) is 77.0 Å². The van der Waals surface area contributed by atoms with Gasteiger partial charge in [0.05, 0.1) is 19.8 Å². The summed E-state index contributed by atoms with van der Waals surface area (Å²) in [5, 5.41) is 30.7. The van der Waals surface area contributed by atoms with Gasteiger partial charge in [0.25, 0.3) is 0 Å². The number of hydrogen-bond donors (Lipinski definition) is 4. The fourth-order valence-electron chi connectivity index (χ4n) is 7.22. The Balaban J connectivity index is 2.34. The molecule has 0 aromatic rings. The zero-order chi connectivity index (χ0) is 48.2. The number of esters is 1. The van der Waals surface area contributed by atoms with Gasteiger partial charge >= 0.3 is 16.4 Å². The Kier molecular flexibility index (Phi) is 40.4. The Morgan fingerprint density at radius 3 is 1.53 bits per heavy atom. The van der Waals surface area contributed by atoms with Gasteiger partial charge in [-0.3, -0.25) is 9.35 Å². The van der Waals surface area contributed by atoms with E-state index in [0.717, 1.165) is 64.2 Å². The van der Waals surface area contributed by atoms with Crippen LogP contribution in [0.15, 0.2) is 85.1 Å². The second kappa shape index (κ2) is 43.6. The molecule has 0 aliphatic carbocycles. The van der Waals surface area contributed by atoms with Crippen LogP contribution in [-0.2, 0) is 38.3 Å². The number of rotatable bonds is 43. The van der Waals surface area contributed by atoms with E-state index in [1.165, 1.54) is 89.9 Å². The van der Waals surface area contributed by atoms with Gasteiger partial charge < -0.3 is 34.3 Å². The highest BCUT2D eigenvalue weighted by atomic mass is 32.3. The van der Waals surface area contributed by atoms with Crippen molar-refractivity contribution in [3.63, 3.8) is 0 Å². The summed E-state index contributed by atoms with van der Waals surface area (Å²) in [4.78, 5) is 12.8. The van der Waals surface area contributed by atoms with Crippen molar-refractivity contribution in [2.24, 2.45) is 0 Å². The van der Waals surface area contributed by atoms with Gasteiger partial charge in [-0.25, -0.2) is 4.18 Å². The molecule has 6 unspecified atom stereocenters. The summed E-state index contributed by atoms with van der Waals surface area (Å²) >= 11 is 0. The van der Waals surface area contributed by atoms with E-state index in [-0.39, 0.29) is 19.6 Å². The summed E-state index contributed by atoms with van der Waals surface area (Å²) in [7, 11) is -5.08. The first kappa shape index (κ1) is 61.3. The molecule has 4 N–H and O–H groups in total. The smallest absolute Gasteiger partial charge is 0.397 e. The number of aliphatic hydroxyl groups excluding tert-OH is 3. The molecule has 0 aromatic carbocycles. The highest BCUT2D eigenvalue weighted by Crippen LogP contribution is 2.26. The topological polar surface area (TPSA) is 178 Å². The number of aliphatic hydroxyl groups is 3. The Hall–Kier alpha value is -2.72. The highest BCUT2D eigenvalue weighted by molar-refractivity contribution is 7.80. The number of carbonyl (C=O) groups is 1. The molecule has 0 radical (unpaired) electrons. The van der Waals surface area contributed by atoms with E-state index in [2.05, 4.69) is 90.9 Å². The number of ether oxygens (including phenoxy) is 4. The fourth-order valence-corrected chi connectivity index (χ4v) is 7.73. The molecular weight excluding hydrogens is 861 g/mol. The first-order valence-electron chi connectivity index (χ1n) is 25.3. The minimum atomic E-state index is -5.08. The average molecular weight is 951 g/mol. The average Bonchev–Trinajstić information content (AvgIpc) is 3.29. The third kappa shape index (κ3) is 36.3. The van der Waals surface area contributed by atoms with Crippen molar-refractivity contribution in [3.8, 4) is 0 Å². The molecule has 0 aromatic heterocycles. The van der Waals surface area contributed by atoms with E-state index >= 15 is 0 Å². The first-order valence-corrected chi connectivity index (χ1v) is 26.7. The zero-order valence-electron chi connectivity index (χ0n) is 40.7. The van der Waals surface area contributed by atoms with E-state index < -0.39 is 59.8 Å². The minimum Gasteiger partial charge on any atom is -0.457 e. The molecule has 380 valence electrons. The van der Waals surface area contributed by atoms with Crippen LogP contribution in [0.1, 0.15) is 181 Å². The molecule has 1 rings (SSSR count). The highest BCUT2D eigenvalue weighted by Gasteiger charge is 2.48. The Bertz CT molecular complexity index is 1470. The van der Waals surface area contributed by atoms with Crippen LogP contribution in [-0.4, -0.2) is 97.5 Å². The molecule has 0 spiro atoms. The summed E-state index contributed by atoms with van der Waals surface area (Å²) in [6.07, 6.45) is 49.3. The molecule has 0 bridgehead atoms. The molecule has 6 atom stereocenters. The van der Waals surface area contributed by atoms with Crippen molar-refractivity contribution in [1.82, 2.24) is 0 Å². The van der Waals surface area contributed by atoms with Crippen molar-refractivity contribution in [1.29, 1.82) is 0 Å². The van der Waals surface area contributed by atoms with Crippen LogP contribution in [0, 0.1) is 0 Å². The first-order chi connectivity index (χ1) is 32.1. The number of carbonyl (C=O) groups excluding carboxylic acids is 1. The van der Waals surface area contributed by atoms with Gasteiger partial charge in [-0.1, -0.05) is 182 Å². The Labute approximate surface area is 400 Å². The molecule has 1 heterocycles. The van der Waals surface area contributed by atoms with Crippen molar-refractivity contribution >= 4 is 16.4 Å². The maximum atomic E-state index is 12.8. The molecule has 1 aliphatic rings. The summed E-state index contributed by atoms with van der Waals surface area (Å²) in [6, 6.07) is 0. The monoisotopic (exact) mass is 951 g/mol. The summed E-state index contributed by atoms with van der Waals surface area (Å²) in [5.74, 6) is -0.482. The van der Waals surface area contributed by atoms with Crippen LogP contribution in [0.2, 0.25) is 0 Å². The van der Waals surface area contributed by atoms with Crippen molar-refractivity contribution in [2.75, 3.05) is 26.4 Å². The SMILES string of the molecule is CC/C=C\C/C=C\C/C=C\C/C=C\CCC(=O)OC(COCCCCCCCCCCCCC/C=C\C/C=C\C/C=C\CCCCCCC)COC1OC(CO)C(O)C(OS(=O)(=O)O)C1O. The van der Waals surface area contributed by atoms with Gasteiger partial charge in [0.1, 0.15) is 30.5 Å². The number of hydrogen-bond acceptors (Lipinski definition) is 11. The fraction of sp³-hybridized carbons (Fsp3) is 0.717. The predicted molar refractivity (Wildman–Crippen MR) is 266 cm³/mol. The Morgan fingerprint density at radius 1 is 0.591 bits per heavy atom. The number of allylic oxidation sites excluding steroid dienone is 14. The molecule has 0 saturated carbocycles. The van der Waals surface area contributed by atoms with Crippen molar-refractivity contribution < 1.29 is 56.2 Å². The lowest BCUT2D eigenvalue weighted by Crippen LogP contribution is -2.60. The number of unbranched alkanes of at least 4 members (excludes halogenated alkanes) is 16. The third-order valence-corrected chi connectivity index (χ3v) is 11.5. The van der Waals surface area contributed by atoms with E-state index in [4.69, 9.17) is 18.9 Å². The minimum absolute atomic E-state index is 0.000600. The summed E-state index contributed by atoms with van der Waals surface area (Å²) in [5.41, 5.74) is 0. The molecule has 66 heavy (non-hydrogen) atoms. The van der Waals surface area contributed by atoms with Crippen LogP contribution in [0.3, 0.4) is 0 Å². The van der Waals surface area contributed by atoms with Gasteiger partial charge in [-0.2, -0.15) is 8.42 Å². The van der Waals surface area contributed by atoms with E-state index in [1.807, 2.05) is 12.2 Å². The van der Waals surface area contributed by atoms with Gasteiger partial charge in [0, 0.05) is 13.0 Å². The van der Waals surface area contributed by atoms with E-state index in [9.17, 15) is 33.1 Å². The normalized spacial score (nSPS) is 20.2. The van der Waals surface area contributed by atoms with Crippen LogP contribution in [0.25, 0.3) is 0 Å². The molecule has 1 fully saturated rings. The standard InChI is InChI=1S/C53H90O12S/c1-3-5-7-9-11-13-15-17-18-19-20-21-22-23-24-25-26-27-28-29-31-33-35-37-39-41-43-61-45-47(46-62-53-51(57)52(65-66(58,59)60)50(56)48(44-54)64-53)63-49(55)42-40-38-36-34-32-30-16-14-12-10-8-6-4-2/h6,8,12,14-15,17,19-20,22-23,30,32,36,38,47-48,50-54,56-57H,3-5,7,9-11,13,16,18,21,24-29,31,33-35,37,39-46H2,1-2H3,(H,58,59,60)/b8-6-,14-12-,17-15-,20-19-,23-22-,32-30-,38-36-. The largest absolute Gasteiger partial charge is 0.457 e. The molecule has 12 nitrogen and oxygen atoms in total. The van der Waals surface area contributed by atoms with Gasteiger partial charge in [0.15, 0.2) is 6.29 Å². The quantitative estimate of drug-likeness (QED) is 0.0197. The van der Waals surface area contributed by atoms with Gasteiger partial charge in [-0.15, -0.1) is 0 Å². The summed E-state index contributed by atoms with van der Waals surface area (Å²) < 4.78 is 59.1. The lowest BCUT2D eigenvalue weighted by molar-refractivity contribution is -0.301. The molecular formula is C53H90O12S. The molecule has 0 amide bonds.